The number of primary amides is 1. The molecule has 14 heavy (non-hydrogen) atoms. The van der Waals surface area contributed by atoms with Crippen LogP contribution in [0, 0.1) is 0 Å². The molecule has 0 aromatic rings. The molecular weight excluding hydrogens is 200 g/mol. The number of nitrogens with two attached hydrogens (primary N) is 1. The van der Waals surface area contributed by atoms with Crippen molar-refractivity contribution in [1.82, 2.24) is 5.32 Å². The molecule has 0 fully saturated rings. The van der Waals surface area contributed by atoms with E-state index in [9.17, 15) is 4.79 Å². The lowest BCUT2D eigenvalue weighted by Gasteiger charge is -2.13. The normalized spacial score (nSPS) is 12.7. The van der Waals surface area contributed by atoms with Crippen LogP contribution in [0.25, 0.3) is 0 Å². The van der Waals surface area contributed by atoms with Crippen LogP contribution in [0.1, 0.15) is 13.3 Å². The van der Waals surface area contributed by atoms with Gasteiger partial charge in [-0.1, -0.05) is 6.92 Å². The number of methoxy groups -OCH3 is 1. The third-order valence-corrected chi connectivity index (χ3v) is 2.86. The second-order valence-corrected chi connectivity index (χ2v) is 4.08. The van der Waals surface area contributed by atoms with Gasteiger partial charge in [0.15, 0.2) is 0 Å². The first-order chi connectivity index (χ1) is 6.72. The molecule has 0 rings (SSSR count). The molecule has 1 amide bonds. The van der Waals surface area contributed by atoms with E-state index in [-0.39, 0.29) is 11.9 Å². The number of ether oxygens (including phenoxy) is 1. The largest absolute Gasteiger partial charge is 0.385 e. The number of carbonyl (C=O) groups excluding carboxylic acids is 1. The minimum atomic E-state index is -0.272. The van der Waals surface area contributed by atoms with E-state index in [4.69, 9.17) is 10.5 Å². The highest BCUT2D eigenvalue weighted by atomic mass is 32.2. The van der Waals surface area contributed by atoms with Gasteiger partial charge in [0.2, 0.25) is 5.91 Å². The quantitative estimate of drug-likeness (QED) is 0.546. The molecule has 84 valence electrons. The molecule has 0 aliphatic carbocycles. The highest BCUT2D eigenvalue weighted by Gasteiger charge is 2.12. The molecule has 0 aromatic heterocycles. The predicted octanol–water partition coefficient (Wildman–Crippen LogP) is 0.220. The molecule has 0 aliphatic heterocycles. The lowest BCUT2D eigenvalue weighted by Crippen LogP contribution is -2.43. The molecule has 0 spiro atoms. The third-order valence-electron chi connectivity index (χ3n) is 1.72. The van der Waals surface area contributed by atoms with E-state index in [0.717, 1.165) is 31.1 Å². The number of hydrogen-bond acceptors (Lipinski definition) is 4. The number of carbonyl (C=O) groups is 1. The zero-order chi connectivity index (χ0) is 10.8. The van der Waals surface area contributed by atoms with E-state index in [0.29, 0.717) is 0 Å². The highest BCUT2D eigenvalue weighted by molar-refractivity contribution is 7.99. The first-order valence-electron chi connectivity index (χ1n) is 4.81. The van der Waals surface area contributed by atoms with Crippen LogP contribution in [0.15, 0.2) is 0 Å². The standard InChI is InChI=1S/C9H20N2O2S/c1-3-11-8(9(10)12)7-14-6-4-5-13-2/h8,11H,3-7H2,1-2H3,(H2,10,12). The van der Waals surface area contributed by atoms with Crippen LogP contribution >= 0.6 is 11.8 Å². The van der Waals surface area contributed by atoms with Gasteiger partial charge in [-0.15, -0.1) is 0 Å². The molecule has 0 saturated heterocycles. The molecule has 3 N–H and O–H groups in total. The molecule has 5 heteroatoms. The van der Waals surface area contributed by atoms with Crippen molar-refractivity contribution in [2.75, 3.05) is 31.8 Å². The number of thioether (sulfide) groups is 1. The second kappa shape index (κ2) is 9.30. The molecule has 0 aliphatic rings. The van der Waals surface area contributed by atoms with Gasteiger partial charge < -0.3 is 15.8 Å². The van der Waals surface area contributed by atoms with E-state index in [2.05, 4.69) is 5.32 Å². The van der Waals surface area contributed by atoms with Crippen molar-refractivity contribution in [3.05, 3.63) is 0 Å². The van der Waals surface area contributed by atoms with Crippen molar-refractivity contribution in [2.24, 2.45) is 5.73 Å². The topological polar surface area (TPSA) is 64.3 Å². The highest BCUT2D eigenvalue weighted by Crippen LogP contribution is 2.04. The maximum atomic E-state index is 10.9. The van der Waals surface area contributed by atoms with Gasteiger partial charge in [0.05, 0.1) is 6.04 Å². The summed E-state index contributed by atoms with van der Waals surface area (Å²) in [7, 11) is 1.69. The lowest BCUT2D eigenvalue weighted by atomic mass is 10.3. The van der Waals surface area contributed by atoms with Crippen molar-refractivity contribution in [3.8, 4) is 0 Å². The average Bonchev–Trinajstić information content (AvgIpc) is 2.15. The Bertz CT molecular complexity index is 156. The third kappa shape index (κ3) is 7.17. The summed E-state index contributed by atoms with van der Waals surface area (Å²) in [5.41, 5.74) is 5.22. The Kier molecular flexibility index (Phi) is 9.13. The molecule has 1 atom stereocenters. The van der Waals surface area contributed by atoms with E-state index in [1.54, 1.807) is 18.9 Å². The maximum Gasteiger partial charge on any atom is 0.235 e. The monoisotopic (exact) mass is 220 g/mol. The summed E-state index contributed by atoms with van der Waals surface area (Å²) in [6.45, 7) is 3.51. The molecule has 0 radical (unpaired) electrons. The number of amides is 1. The van der Waals surface area contributed by atoms with Crippen LogP contribution < -0.4 is 11.1 Å². The van der Waals surface area contributed by atoms with Gasteiger partial charge in [0.25, 0.3) is 0 Å². The van der Waals surface area contributed by atoms with Crippen molar-refractivity contribution in [3.63, 3.8) is 0 Å². The summed E-state index contributed by atoms with van der Waals surface area (Å²) < 4.78 is 4.92. The van der Waals surface area contributed by atoms with E-state index in [1.165, 1.54) is 0 Å². The lowest BCUT2D eigenvalue weighted by molar-refractivity contribution is -0.119. The van der Waals surface area contributed by atoms with Crippen molar-refractivity contribution >= 4 is 17.7 Å². The molecule has 0 bridgehead atoms. The first-order valence-corrected chi connectivity index (χ1v) is 5.97. The van der Waals surface area contributed by atoms with Gasteiger partial charge in [-0.2, -0.15) is 11.8 Å². The summed E-state index contributed by atoms with van der Waals surface area (Å²) >= 11 is 1.73. The fourth-order valence-electron chi connectivity index (χ4n) is 0.995. The van der Waals surface area contributed by atoms with E-state index >= 15 is 0 Å². The molecule has 1 unspecified atom stereocenters. The Morgan fingerprint density at radius 2 is 2.36 bits per heavy atom. The Morgan fingerprint density at radius 3 is 2.86 bits per heavy atom. The Hall–Kier alpha value is -0.260. The number of hydrogen-bond donors (Lipinski definition) is 2. The van der Waals surface area contributed by atoms with Crippen LogP contribution in [-0.2, 0) is 9.53 Å². The average molecular weight is 220 g/mol. The second-order valence-electron chi connectivity index (χ2n) is 2.93. The SMILES string of the molecule is CCNC(CSCCCOC)C(N)=O. The smallest absolute Gasteiger partial charge is 0.235 e. The van der Waals surface area contributed by atoms with Gasteiger partial charge in [0, 0.05) is 19.5 Å². The number of likely N-dealkylation sites (N-methyl/N-ethyl adjacent to an activating group) is 1. The first kappa shape index (κ1) is 13.7. The summed E-state index contributed by atoms with van der Waals surface area (Å²) in [4.78, 5) is 10.9. The zero-order valence-electron chi connectivity index (χ0n) is 8.91. The minimum Gasteiger partial charge on any atom is -0.385 e. The van der Waals surface area contributed by atoms with Gasteiger partial charge in [-0.25, -0.2) is 0 Å². The fourth-order valence-corrected chi connectivity index (χ4v) is 2.00. The van der Waals surface area contributed by atoms with Gasteiger partial charge in [0.1, 0.15) is 0 Å². The molecular formula is C9H20N2O2S. The predicted molar refractivity (Wildman–Crippen MR) is 60.5 cm³/mol. The molecule has 0 aromatic carbocycles. The Balaban J connectivity index is 3.46. The summed E-state index contributed by atoms with van der Waals surface area (Å²) in [5, 5.41) is 3.05. The summed E-state index contributed by atoms with van der Waals surface area (Å²) in [5.74, 6) is 1.47. The Labute approximate surface area is 89.9 Å². The van der Waals surface area contributed by atoms with Gasteiger partial charge in [-0.3, -0.25) is 4.79 Å². The van der Waals surface area contributed by atoms with Crippen LogP contribution in [0.5, 0.6) is 0 Å². The van der Waals surface area contributed by atoms with E-state index < -0.39 is 0 Å². The van der Waals surface area contributed by atoms with E-state index in [1.807, 2.05) is 6.92 Å². The number of nitrogens with one attached hydrogen (secondary N) is 1. The van der Waals surface area contributed by atoms with Crippen molar-refractivity contribution < 1.29 is 9.53 Å². The maximum absolute atomic E-state index is 10.9. The van der Waals surface area contributed by atoms with Crippen LogP contribution in [0.4, 0.5) is 0 Å². The number of rotatable bonds is 9. The fraction of sp³-hybridized carbons (Fsp3) is 0.889. The minimum absolute atomic E-state index is 0.201. The van der Waals surface area contributed by atoms with Crippen molar-refractivity contribution in [2.45, 2.75) is 19.4 Å². The molecule has 0 saturated carbocycles. The molecule has 4 nitrogen and oxygen atoms in total. The van der Waals surface area contributed by atoms with Crippen LogP contribution in [-0.4, -0.2) is 43.7 Å². The zero-order valence-corrected chi connectivity index (χ0v) is 9.73. The Morgan fingerprint density at radius 1 is 1.64 bits per heavy atom. The summed E-state index contributed by atoms with van der Waals surface area (Å²) in [6.07, 6.45) is 1.01. The van der Waals surface area contributed by atoms with Crippen molar-refractivity contribution in [1.29, 1.82) is 0 Å². The summed E-state index contributed by atoms with van der Waals surface area (Å²) in [6, 6.07) is -0.201. The van der Waals surface area contributed by atoms with Gasteiger partial charge in [-0.05, 0) is 18.7 Å². The molecule has 0 heterocycles. The van der Waals surface area contributed by atoms with Crippen LogP contribution in [0.3, 0.4) is 0 Å². The van der Waals surface area contributed by atoms with Crippen LogP contribution in [0.2, 0.25) is 0 Å². The van der Waals surface area contributed by atoms with Gasteiger partial charge >= 0.3 is 0 Å².